The average Bonchev–Trinajstić information content (AvgIpc) is 3.21. The van der Waals surface area contributed by atoms with Gasteiger partial charge in [0, 0.05) is 18.8 Å². The minimum absolute atomic E-state index is 0.0887. The third kappa shape index (κ3) is 7.27. The summed E-state index contributed by atoms with van der Waals surface area (Å²) in [6.45, 7) is 3.11. The van der Waals surface area contributed by atoms with Gasteiger partial charge in [-0.05, 0) is 42.0 Å². The lowest BCUT2D eigenvalue weighted by atomic mass is 10.2. The Morgan fingerprint density at radius 3 is 2.72 bits per heavy atom. The van der Waals surface area contributed by atoms with Crippen molar-refractivity contribution in [1.82, 2.24) is 4.98 Å². The maximum Gasteiger partial charge on any atom is 0.345 e. The Hall–Kier alpha value is -3.39. The summed E-state index contributed by atoms with van der Waals surface area (Å²) in [6, 6.07) is 9.06. The second-order valence-electron chi connectivity index (χ2n) is 5.86. The molecule has 1 heterocycles. The maximum atomic E-state index is 11.7. The second kappa shape index (κ2) is 11.5. The Balaban J connectivity index is 2.01. The fraction of sp³-hybridized carbons (Fsp3) is 0.389. The van der Waals surface area contributed by atoms with Crippen molar-refractivity contribution in [1.29, 1.82) is 5.26 Å². The molecule has 0 bridgehead atoms. The van der Waals surface area contributed by atoms with Gasteiger partial charge >= 0.3 is 11.0 Å². The van der Waals surface area contributed by atoms with Gasteiger partial charge in [-0.15, -0.1) is 10.2 Å². The SMILES string of the molecule is CCCCN(CCC(=O)OCC#N)c1ccc(N=Nc2ncc([N+](=O)[O-])s2)cc1. The lowest BCUT2D eigenvalue weighted by molar-refractivity contribution is -0.380. The largest absolute Gasteiger partial charge is 0.450 e. The van der Waals surface area contributed by atoms with Crippen LogP contribution in [0.1, 0.15) is 26.2 Å². The Kier molecular flexibility index (Phi) is 8.65. The molecule has 152 valence electrons. The predicted octanol–water partition coefficient (Wildman–Crippen LogP) is 4.53. The number of carbonyl (C=O) groups is 1. The Morgan fingerprint density at radius 1 is 1.34 bits per heavy atom. The predicted molar refractivity (Wildman–Crippen MR) is 108 cm³/mol. The van der Waals surface area contributed by atoms with Crippen molar-refractivity contribution >= 4 is 38.8 Å². The summed E-state index contributed by atoms with van der Waals surface area (Å²) in [5.41, 5.74) is 1.51. The van der Waals surface area contributed by atoms with Crippen LogP contribution in [0.15, 0.2) is 40.7 Å². The highest BCUT2D eigenvalue weighted by Gasteiger charge is 2.12. The van der Waals surface area contributed by atoms with Crippen LogP contribution in [0.25, 0.3) is 0 Å². The summed E-state index contributed by atoms with van der Waals surface area (Å²) in [7, 11) is 0. The zero-order chi connectivity index (χ0) is 21.1. The summed E-state index contributed by atoms with van der Waals surface area (Å²) >= 11 is 0.849. The highest BCUT2D eigenvalue weighted by molar-refractivity contribution is 7.18. The number of rotatable bonds is 11. The zero-order valence-corrected chi connectivity index (χ0v) is 16.7. The van der Waals surface area contributed by atoms with Gasteiger partial charge < -0.3 is 9.64 Å². The van der Waals surface area contributed by atoms with Gasteiger partial charge in [0.05, 0.1) is 17.0 Å². The lowest BCUT2D eigenvalue weighted by Gasteiger charge is -2.24. The molecule has 2 aromatic rings. The number of nitrogens with zero attached hydrogens (tertiary/aromatic N) is 6. The molecule has 29 heavy (non-hydrogen) atoms. The normalized spacial score (nSPS) is 10.6. The topological polar surface area (TPSA) is 134 Å². The number of azo groups is 1. The van der Waals surface area contributed by atoms with Crippen molar-refractivity contribution in [3.8, 4) is 6.07 Å². The molecule has 0 aliphatic rings. The first kappa shape index (κ1) is 21.9. The minimum atomic E-state index is -0.521. The van der Waals surface area contributed by atoms with Crippen molar-refractivity contribution in [2.45, 2.75) is 26.2 Å². The summed E-state index contributed by atoms with van der Waals surface area (Å²) in [6.07, 6.45) is 3.32. The second-order valence-corrected chi connectivity index (χ2v) is 6.85. The fourth-order valence-electron chi connectivity index (χ4n) is 2.35. The average molecular weight is 416 g/mol. The molecule has 0 aliphatic heterocycles. The maximum absolute atomic E-state index is 11.7. The van der Waals surface area contributed by atoms with E-state index in [1.54, 1.807) is 18.2 Å². The molecule has 1 aromatic carbocycles. The lowest BCUT2D eigenvalue weighted by Crippen LogP contribution is -2.27. The van der Waals surface area contributed by atoms with E-state index in [9.17, 15) is 14.9 Å². The van der Waals surface area contributed by atoms with Crippen LogP contribution in [-0.2, 0) is 9.53 Å². The van der Waals surface area contributed by atoms with E-state index in [-0.39, 0.29) is 23.2 Å². The zero-order valence-electron chi connectivity index (χ0n) is 15.9. The number of unbranched alkanes of at least 4 members (excludes halogenated alkanes) is 1. The van der Waals surface area contributed by atoms with Crippen LogP contribution < -0.4 is 4.90 Å². The number of esters is 1. The molecule has 10 nitrogen and oxygen atoms in total. The number of nitro groups is 1. The standard InChI is InChI=1S/C18H20N6O4S/c1-2-3-10-23(11-8-17(25)28-12-9-19)15-6-4-14(5-7-15)21-22-18-20-13-16(29-18)24(26)27/h4-7,13H,2-3,8,10-12H2,1H3. The molecule has 0 N–H and O–H groups in total. The van der Waals surface area contributed by atoms with Gasteiger partial charge in [-0.2, -0.15) is 5.26 Å². The molecule has 0 radical (unpaired) electrons. The summed E-state index contributed by atoms with van der Waals surface area (Å²) in [4.78, 5) is 27.7. The highest BCUT2D eigenvalue weighted by Crippen LogP contribution is 2.29. The van der Waals surface area contributed by atoms with Crippen LogP contribution in [-0.4, -0.2) is 35.6 Å². The van der Waals surface area contributed by atoms with Crippen LogP contribution in [0.2, 0.25) is 0 Å². The van der Waals surface area contributed by atoms with Gasteiger partial charge in [0.15, 0.2) is 6.61 Å². The number of thiazole rings is 1. The number of benzene rings is 1. The first-order valence-electron chi connectivity index (χ1n) is 8.93. The Bertz CT molecular complexity index is 891. The number of ether oxygens (including phenoxy) is 1. The van der Waals surface area contributed by atoms with Crippen LogP contribution >= 0.6 is 11.3 Å². The number of nitriles is 1. The summed E-state index contributed by atoms with van der Waals surface area (Å²) < 4.78 is 4.79. The molecule has 0 fully saturated rings. The summed E-state index contributed by atoms with van der Waals surface area (Å²) in [5.74, 6) is -0.406. The van der Waals surface area contributed by atoms with Crippen LogP contribution in [0.5, 0.6) is 0 Å². The molecular weight excluding hydrogens is 396 g/mol. The number of aromatic nitrogens is 1. The van der Waals surface area contributed by atoms with Crippen molar-refractivity contribution in [3.05, 3.63) is 40.6 Å². The number of hydrogen-bond acceptors (Lipinski definition) is 10. The monoisotopic (exact) mass is 416 g/mol. The van der Waals surface area contributed by atoms with Crippen molar-refractivity contribution in [3.63, 3.8) is 0 Å². The third-order valence-electron chi connectivity index (χ3n) is 3.79. The Morgan fingerprint density at radius 2 is 2.10 bits per heavy atom. The van der Waals surface area contributed by atoms with E-state index in [1.165, 1.54) is 0 Å². The molecule has 0 spiro atoms. The molecule has 0 aliphatic carbocycles. The first-order valence-corrected chi connectivity index (χ1v) is 9.74. The highest BCUT2D eigenvalue weighted by atomic mass is 32.1. The molecule has 0 amide bonds. The molecule has 2 rings (SSSR count). The van der Waals surface area contributed by atoms with Gasteiger partial charge in [0.2, 0.25) is 5.13 Å². The van der Waals surface area contributed by atoms with E-state index in [2.05, 4.69) is 27.0 Å². The van der Waals surface area contributed by atoms with E-state index in [0.29, 0.717) is 12.2 Å². The molecule has 1 aromatic heterocycles. The van der Waals surface area contributed by atoms with Gasteiger partial charge in [-0.1, -0.05) is 13.3 Å². The van der Waals surface area contributed by atoms with Crippen LogP contribution in [0.3, 0.4) is 0 Å². The van der Waals surface area contributed by atoms with E-state index < -0.39 is 10.9 Å². The molecule has 0 unspecified atom stereocenters. The van der Waals surface area contributed by atoms with E-state index in [4.69, 9.17) is 10.00 Å². The van der Waals surface area contributed by atoms with Gasteiger partial charge in [0.25, 0.3) is 0 Å². The van der Waals surface area contributed by atoms with Crippen LogP contribution in [0.4, 0.5) is 21.5 Å². The number of hydrogen-bond donors (Lipinski definition) is 0. The molecule has 0 saturated heterocycles. The fourth-order valence-corrected chi connectivity index (χ4v) is 2.90. The molecular formula is C18H20N6O4S. The van der Waals surface area contributed by atoms with E-state index in [1.807, 2.05) is 12.1 Å². The smallest absolute Gasteiger partial charge is 0.345 e. The van der Waals surface area contributed by atoms with Crippen molar-refractivity contribution in [2.24, 2.45) is 10.2 Å². The minimum Gasteiger partial charge on any atom is -0.450 e. The van der Waals surface area contributed by atoms with E-state index >= 15 is 0 Å². The molecule has 11 heteroatoms. The van der Waals surface area contributed by atoms with Crippen LogP contribution in [0, 0.1) is 21.4 Å². The number of anilines is 1. The molecule has 0 atom stereocenters. The van der Waals surface area contributed by atoms with Crippen molar-refractivity contribution < 1.29 is 14.5 Å². The van der Waals surface area contributed by atoms with Gasteiger partial charge in [-0.25, -0.2) is 4.98 Å². The number of carbonyl (C=O) groups excluding carboxylic acids is 1. The van der Waals surface area contributed by atoms with E-state index in [0.717, 1.165) is 42.6 Å². The van der Waals surface area contributed by atoms with Crippen molar-refractivity contribution in [2.75, 3.05) is 24.6 Å². The van der Waals surface area contributed by atoms with Gasteiger partial charge in [0.1, 0.15) is 12.3 Å². The quantitative estimate of drug-likeness (QED) is 0.227. The molecule has 0 saturated carbocycles. The summed E-state index contributed by atoms with van der Waals surface area (Å²) in [5, 5.41) is 27.2. The van der Waals surface area contributed by atoms with Gasteiger partial charge in [-0.3, -0.25) is 14.9 Å². The third-order valence-corrected chi connectivity index (χ3v) is 4.63. The Labute approximate surface area is 171 Å². The first-order chi connectivity index (χ1) is 14.0.